The van der Waals surface area contributed by atoms with Crippen LogP contribution in [0.1, 0.15) is 34.6 Å². The van der Waals surface area contributed by atoms with Crippen LogP contribution in [0.2, 0.25) is 0 Å². The minimum atomic E-state index is -1.15. The van der Waals surface area contributed by atoms with Crippen LogP contribution in [0.25, 0.3) is 0 Å². The lowest BCUT2D eigenvalue weighted by molar-refractivity contribution is 0.0689. The molecule has 1 amide bonds. The maximum atomic E-state index is 12.3. The molecule has 0 fully saturated rings. The van der Waals surface area contributed by atoms with Crippen molar-refractivity contribution in [3.05, 3.63) is 32.9 Å². The molecule has 1 atom stereocenters. The Bertz CT molecular complexity index is 571. The van der Waals surface area contributed by atoms with Crippen molar-refractivity contribution in [2.75, 3.05) is 12.0 Å². The van der Waals surface area contributed by atoms with E-state index in [1.807, 2.05) is 22.6 Å². The largest absolute Gasteiger partial charge is 0.478 e. The molecule has 0 radical (unpaired) electrons. The van der Waals surface area contributed by atoms with Crippen molar-refractivity contribution in [2.45, 2.75) is 19.4 Å². The molecule has 0 saturated carbocycles. The van der Waals surface area contributed by atoms with Crippen molar-refractivity contribution in [3.8, 4) is 0 Å². The fraction of sp³-hybridized carbons (Fsp3) is 0.385. The molecule has 20 heavy (non-hydrogen) atoms. The summed E-state index contributed by atoms with van der Waals surface area (Å²) in [7, 11) is -1.06. The van der Waals surface area contributed by atoms with E-state index in [1.54, 1.807) is 32.2 Å². The first kappa shape index (κ1) is 17.1. The molecule has 110 valence electrons. The lowest BCUT2D eigenvalue weighted by atomic mass is 10.0. The number of aromatic carboxylic acids is 1. The van der Waals surface area contributed by atoms with Crippen LogP contribution in [-0.2, 0) is 10.8 Å². The van der Waals surface area contributed by atoms with Crippen molar-refractivity contribution < 1.29 is 18.9 Å². The number of benzene rings is 1. The van der Waals surface area contributed by atoms with Gasteiger partial charge in [0.05, 0.1) is 11.1 Å². The molecule has 0 aromatic heterocycles. The average molecular weight is 409 g/mol. The average Bonchev–Trinajstić information content (AvgIpc) is 2.25. The Balaban J connectivity index is 3.10. The molecule has 0 spiro atoms. The van der Waals surface area contributed by atoms with E-state index in [4.69, 9.17) is 5.11 Å². The fourth-order valence-corrected chi connectivity index (χ4v) is 3.68. The zero-order valence-electron chi connectivity index (χ0n) is 11.4. The second-order valence-corrected chi connectivity index (χ2v) is 7.62. The fourth-order valence-electron chi connectivity index (χ4n) is 1.85. The highest BCUT2D eigenvalue weighted by Crippen LogP contribution is 2.18. The van der Waals surface area contributed by atoms with Crippen LogP contribution in [0.4, 0.5) is 0 Å². The van der Waals surface area contributed by atoms with E-state index < -0.39 is 28.2 Å². The summed E-state index contributed by atoms with van der Waals surface area (Å²) >= 11 is 1.93. The molecule has 1 aromatic rings. The molecule has 0 aliphatic rings. The van der Waals surface area contributed by atoms with E-state index in [1.165, 1.54) is 6.07 Å². The summed E-state index contributed by atoms with van der Waals surface area (Å²) in [6.07, 6.45) is 1.56. The third kappa shape index (κ3) is 4.55. The van der Waals surface area contributed by atoms with E-state index in [9.17, 15) is 13.8 Å². The molecule has 0 aliphatic heterocycles. The maximum Gasteiger partial charge on any atom is 0.336 e. The number of rotatable bonds is 5. The van der Waals surface area contributed by atoms with Crippen molar-refractivity contribution in [2.24, 2.45) is 0 Å². The van der Waals surface area contributed by atoms with E-state index >= 15 is 0 Å². The molecule has 1 aromatic carbocycles. The van der Waals surface area contributed by atoms with Gasteiger partial charge in [0.25, 0.3) is 5.91 Å². The number of nitrogens with one attached hydrogen (secondary N) is 1. The summed E-state index contributed by atoms with van der Waals surface area (Å²) in [4.78, 5) is 23.5. The smallest absolute Gasteiger partial charge is 0.336 e. The third-order valence-electron chi connectivity index (χ3n) is 2.49. The van der Waals surface area contributed by atoms with Gasteiger partial charge in [-0.2, -0.15) is 0 Å². The molecular formula is C13H16INO4S. The van der Waals surface area contributed by atoms with Crippen LogP contribution >= 0.6 is 22.6 Å². The maximum absolute atomic E-state index is 12.3. The summed E-state index contributed by atoms with van der Waals surface area (Å²) in [6.45, 7) is 3.51. The monoisotopic (exact) mass is 409 g/mol. The van der Waals surface area contributed by atoms with Crippen molar-refractivity contribution in [1.29, 1.82) is 0 Å². The van der Waals surface area contributed by atoms with Gasteiger partial charge in [-0.15, -0.1) is 0 Å². The molecule has 5 nitrogen and oxygen atoms in total. The highest BCUT2D eigenvalue weighted by atomic mass is 127. The van der Waals surface area contributed by atoms with Crippen molar-refractivity contribution >= 4 is 45.3 Å². The zero-order chi connectivity index (χ0) is 15.5. The van der Waals surface area contributed by atoms with Gasteiger partial charge in [-0.1, -0.05) is 6.07 Å². The topological polar surface area (TPSA) is 83.5 Å². The first-order valence-electron chi connectivity index (χ1n) is 5.78. The molecule has 2 N–H and O–H groups in total. The Labute approximate surface area is 133 Å². The van der Waals surface area contributed by atoms with Crippen molar-refractivity contribution in [1.82, 2.24) is 5.32 Å². The molecule has 0 aliphatic carbocycles. The second-order valence-electron chi connectivity index (χ2n) is 5.02. The summed E-state index contributed by atoms with van der Waals surface area (Å²) in [5.74, 6) is -1.32. The predicted octanol–water partition coefficient (Wildman–Crippen LogP) is 1.88. The molecule has 1 unspecified atom stereocenters. The summed E-state index contributed by atoms with van der Waals surface area (Å²) in [5, 5.41) is 11.9. The molecular weight excluding hydrogens is 393 g/mol. The van der Waals surface area contributed by atoms with E-state index in [0.29, 0.717) is 9.32 Å². The van der Waals surface area contributed by atoms with Gasteiger partial charge in [-0.05, 0) is 48.6 Å². The first-order valence-corrected chi connectivity index (χ1v) is 8.59. The van der Waals surface area contributed by atoms with Gasteiger partial charge in [-0.3, -0.25) is 9.00 Å². The van der Waals surface area contributed by atoms with Crippen LogP contribution in [-0.4, -0.2) is 38.7 Å². The molecule has 0 heterocycles. The summed E-state index contributed by atoms with van der Waals surface area (Å²) < 4.78 is 11.8. The number of hydrogen-bond acceptors (Lipinski definition) is 3. The van der Waals surface area contributed by atoms with E-state index in [-0.39, 0.29) is 11.1 Å². The highest BCUT2D eigenvalue weighted by molar-refractivity contribution is 14.1. The SMILES string of the molecule is CS(=O)CC(C)(C)NC(=O)c1c(I)cccc1C(=O)O. The van der Waals surface area contributed by atoms with Gasteiger partial charge >= 0.3 is 5.97 Å². The number of carboxylic acid groups (broad SMARTS) is 1. The molecule has 0 bridgehead atoms. The number of carboxylic acids is 1. The Hall–Kier alpha value is -0.960. The zero-order valence-corrected chi connectivity index (χ0v) is 14.4. The third-order valence-corrected chi connectivity index (χ3v) is 4.51. The van der Waals surface area contributed by atoms with Gasteiger partial charge < -0.3 is 10.4 Å². The summed E-state index contributed by atoms with van der Waals surface area (Å²) in [5.41, 5.74) is -0.579. The number of carbonyl (C=O) groups is 2. The Morgan fingerprint density at radius 1 is 1.40 bits per heavy atom. The van der Waals surface area contributed by atoms with Gasteiger partial charge in [0, 0.05) is 31.9 Å². The van der Waals surface area contributed by atoms with Crippen LogP contribution < -0.4 is 5.32 Å². The predicted molar refractivity (Wildman–Crippen MR) is 86.6 cm³/mol. The minimum Gasteiger partial charge on any atom is -0.478 e. The van der Waals surface area contributed by atoms with Crippen molar-refractivity contribution in [3.63, 3.8) is 0 Å². The number of halogens is 1. The van der Waals surface area contributed by atoms with Crippen LogP contribution in [0.3, 0.4) is 0 Å². The number of amides is 1. The summed E-state index contributed by atoms with van der Waals surface area (Å²) in [6, 6.07) is 4.66. The van der Waals surface area contributed by atoms with E-state index in [2.05, 4.69) is 5.32 Å². The Morgan fingerprint density at radius 3 is 2.50 bits per heavy atom. The van der Waals surface area contributed by atoms with Crippen LogP contribution in [0.5, 0.6) is 0 Å². The second kappa shape index (κ2) is 6.66. The molecule has 7 heteroatoms. The van der Waals surface area contributed by atoms with Gasteiger partial charge in [0.15, 0.2) is 0 Å². The number of carbonyl (C=O) groups excluding carboxylic acids is 1. The van der Waals surface area contributed by atoms with Gasteiger partial charge in [0.2, 0.25) is 0 Å². The number of hydrogen-bond donors (Lipinski definition) is 2. The van der Waals surface area contributed by atoms with Gasteiger partial charge in [-0.25, -0.2) is 4.79 Å². The minimum absolute atomic E-state index is 0.0391. The molecule has 1 rings (SSSR count). The highest BCUT2D eigenvalue weighted by Gasteiger charge is 2.26. The Morgan fingerprint density at radius 2 is 2.00 bits per heavy atom. The lowest BCUT2D eigenvalue weighted by Gasteiger charge is -2.25. The van der Waals surface area contributed by atoms with E-state index in [0.717, 1.165) is 0 Å². The quantitative estimate of drug-likeness (QED) is 0.728. The Kier molecular flexibility index (Phi) is 5.69. The lowest BCUT2D eigenvalue weighted by Crippen LogP contribution is -2.47. The standard InChI is InChI=1S/C13H16INO4S/c1-13(2,7-20(3)19)15-11(16)10-8(12(17)18)5-4-6-9(10)14/h4-6H,7H2,1-3H3,(H,15,16)(H,17,18). The van der Waals surface area contributed by atoms with Crippen LogP contribution in [0.15, 0.2) is 18.2 Å². The first-order chi connectivity index (χ1) is 9.14. The van der Waals surface area contributed by atoms with Gasteiger partial charge in [0.1, 0.15) is 0 Å². The molecule has 0 saturated heterocycles. The van der Waals surface area contributed by atoms with Crippen LogP contribution in [0, 0.1) is 3.57 Å². The normalized spacial score (nSPS) is 12.8.